The summed E-state index contributed by atoms with van der Waals surface area (Å²) in [5.41, 5.74) is 0.590. The van der Waals surface area contributed by atoms with Crippen LogP contribution in [0.3, 0.4) is 0 Å². The quantitative estimate of drug-likeness (QED) is 0.836. The minimum atomic E-state index is -0.312. The normalized spacial score (nSPS) is 13.8. The van der Waals surface area contributed by atoms with Crippen LogP contribution in [0, 0.1) is 5.82 Å². The standard InChI is InChI=1S/C12H19FN2O/c1-12(2,16-4)6-11(14-3)9-5-10(13)8-15-7-9/h5,7-8,11,14H,6H2,1-4H3. The Kier molecular flexibility index (Phi) is 4.38. The first-order valence-corrected chi connectivity index (χ1v) is 5.31. The molecule has 3 nitrogen and oxygen atoms in total. The predicted molar refractivity (Wildman–Crippen MR) is 61.7 cm³/mol. The Morgan fingerprint density at radius 2 is 2.19 bits per heavy atom. The molecule has 0 saturated heterocycles. The molecule has 1 aromatic rings. The number of rotatable bonds is 5. The van der Waals surface area contributed by atoms with Gasteiger partial charge in [-0.25, -0.2) is 4.39 Å². The van der Waals surface area contributed by atoms with E-state index in [9.17, 15) is 4.39 Å². The van der Waals surface area contributed by atoms with Gasteiger partial charge in [-0.3, -0.25) is 4.98 Å². The molecular weight excluding hydrogens is 207 g/mol. The average molecular weight is 226 g/mol. The third-order valence-electron chi connectivity index (χ3n) is 2.73. The van der Waals surface area contributed by atoms with Gasteiger partial charge in [0.25, 0.3) is 0 Å². The number of hydrogen-bond donors (Lipinski definition) is 1. The number of pyridine rings is 1. The van der Waals surface area contributed by atoms with Crippen LogP contribution in [0.1, 0.15) is 31.9 Å². The SMILES string of the molecule is CNC(CC(C)(C)OC)c1cncc(F)c1. The summed E-state index contributed by atoms with van der Waals surface area (Å²) in [5, 5.41) is 3.15. The zero-order chi connectivity index (χ0) is 12.2. The first kappa shape index (κ1) is 13.1. The monoisotopic (exact) mass is 226 g/mol. The lowest BCUT2D eigenvalue weighted by molar-refractivity contribution is 0.00739. The molecule has 0 aliphatic carbocycles. The van der Waals surface area contributed by atoms with Crippen molar-refractivity contribution in [3.05, 3.63) is 29.8 Å². The molecule has 16 heavy (non-hydrogen) atoms. The Balaban J connectivity index is 2.82. The first-order valence-electron chi connectivity index (χ1n) is 5.31. The second-order valence-electron chi connectivity index (χ2n) is 4.45. The molecule has 1 atom stereocenters. The largest absolute Gasteiger partial charge is 0.379 e. The number of methoxy groups -OCH3 is 1. The van der Waals surface area contributed by atoms with Gasteiger partial charge >= 0.3 is 0 Å². The number of nitrogens with zero attached hydrogens (tertiary/aromatic N) is 1. The van der Waals surface area contributed by atoms with Crippen molar-refractivity contribution in [3.8, 4) is 0 Å². The van der Waals surface area contributed by atoms with E-state index < -0.39 is 0 Å². The molecule has 0 fully saturated rings. The molecule has 0 aliphatic heterocycles. The van der Waals surface area contributed by atoms with E-state index in [-0.39, 0.29) is 17.5 Å². The van der Waals surface area contributed by atoms with Gasteiger partial charge in [0.05, 0.1) is 11.8 Å². The van der Waals surface area contributed by atoms with Crippen molar-refractivity contribution in [2.45, 2.75) is 31.9 Å². The highest BCUT2D eigenvalue weighted by atomic mass is 19.1. The molecule has 4 heteroatoms. The number of nitrogens with one attached hydrogen (secondary N) is 1. The van der Waals surface area contributed by atoms with Gasteiger partial charge in [0.1, 0.15) is 5.82 Å². The molecule has 90 valence electrons. The zero-order valence-electron chi connectivity index (χ0n) is 10.2. The van der Waals surface area contributed by atoms with Crippen LogP contribution in [-0.4, -0.2) is 24.7 Å². The minimum Gasteiger partial charge on any atom is -0.379 e. The molecule has 1 unspecified atom stereocenters. The van der Waals surface area contributed by atoms with E-state index in [2.05, 4.69) is 10.3 Å². The van der Waals surface area contributed by atoms with Crippen molar-refractivity contribution < 1.29 is 9.13 Å². The highest BCUT2D eigenvalue weighted by Gasteiger charge is 2.23. The maximum atomic E-state index is 13.1. The molecule has 1 rings (SSSR count). The smallest absolute Gasteiger partial charge is 0.141 e. The molecule has 0 aromatic carbocycles. The topological polar surface area (TPSA) is 34.1 Å². The third-order valence-corrected chi connectivity index (χ3v) is 2.73. The van der Waals surface area contributed by atoms with E-state index in [0.29, 0.717) is 0 Å². The maximum Gasteiger partial charge on any atom is 0.141 e. The summed E-state index contributed by atoms with van der Waals surface area (Å²) in [6.07, 6.45) is 3.64. The molecule has 0 bridgehead atoms. The first-order chi connectivity index (χ1) is 7.48. The number of halogens is 1. The van der Waals surface area contributed by atoms with Crippen LogP contribution < -0.4 is 5.32 Å². The van der Waals surface area contributed by atoms with Crippen LogP contribution in [-0.2, 0) is 4.74 Å². The van der Waals surface area contributed by atoms with Gasteiger partial charge in [0.15, 0.2) is 0 Å². The predicted octanol–water partition coefficient (Wildman–Crippen LogP) is 2.30. The van der Waals surface area contributed by atoms with Gasteiger partial charge in [-0.05, 0) is 38.9 Å². The highest BCUT2D eigenvalue weighted by Crippen LogP contribution is 2.25. The Morgan fingerprint density at radius 1 is 1.50 bits per heavy atom. The van der Waals surface area contributed by atoms with Crippen molar-refractivity contribution in [2.75, 3.05) is 14.2 Å². The van der Waals surface area contributed by atoms with Crippen molar-refractivity contribution in [1.29, 1.82) is 0 Å². The summed E-state index contributed by atoms with van der Waals surface area (Å²) in [6, 6.07) is 1.54. The fraction of sp³-hybridized carbons (Fsp3) is 0.583. The molecule has 0 saturated carbocycles. The van der Waals surface area contributed by atoms with Crippen LogP contribution in [0.25, 0.3) is 0 Å². The number of hydrogen-bond acceptors (Lipinski definition) is 3. The number of aromatic nitrogens is 1. The lowest BCUT2D eigenvalue weighted by Gasteiger charge is -2.28. The van der Waals surface area contributed by atoms with Crippen molar-refractivity contribution in [1.82, 2.24) is 10.3 Å². The average Bonchev–Trinajstić information content (AvgIpc) is 2.26. The second-order valence-corrected chi connectivity index (χ2v) is 4.45. The summed E-state index contributed by atoms with van der Waals surface area (Å²) < 4.78 is 18.4. The summed E-state index contributed by atoms with van der Waals surface area (Å²) in [6.45, 7) is 4.01. The Hall–Kier alpha value is -1.00. The van der Waals surface area contributed by atoms with Crippen LogP contribution in [0.15, 0.2) is 18.5 Å². The van der Waals surface area contributed by atoms with E-state index in [4.69, 9.17) is 4.74 Å². The Bertz CT molecular complexity index is 342. The van der Waals surface area contributed by atoms with Crippen molar-refractivity contribution >= 4 is 0 Å². The van der Waals surface area contributed by atoms with Gasteiger partial charge in [-0.1, -0.05) is 0 Å². The molecule has 0 amide bonds. The fourth-order valence-corrected chi connectivity index (χ4v) is 1.58. The van der Waals surface area contributed by atoms with Gasteiger partial charge in [-0.15, -0.1) is 0 Å². The summed E-state index contributed by atoms with van der Waals surface area (Å²) in [4.78, 5) is 3.85. The third kappa shape index (κ3) is 3.54. The molecule has 0 spiro atoms. The Labute approximate surface area is 96.0 Å². The molecule has 0 radical (unpaired) electrons. The molecule has 0 aliphatic rings. The highest BCUT2D eigenvalue weighted by molar-refractivity contribution is 5.15. The summed E-state index contributed by atoms with van der Waals surface area (Å²) in [7, 11) is 3.53. The van der Waals surface area contributed by atoms with Crippen LogP contribution in [0.2, 0.25) is 0 Å². The molecular formula is C12H19FN2O. The lowest BCUT2D eigenvalue weighted by atomic mass is 9.94. The van der Waals surface area contributed by atoms with Gasteiger partial charge in [-0.2, -0.15) is 0 Å². The van der Waals surface area contributed by atoms with E-state index in [1.807, 2.05) is 20.9 Å². The molecule has 1 aromatic heterocycles. The van der Waals surface area contributed by atoms with E-state index >= 15 is 0 Å². The van der Waals surface area contributed by atoms with E-state index in [0.717, 1.165) is 12.0 Å². The Morgan fingerprint density at radius 3 is 2.69 bits per heavy atom. The lowest BCUT2D eigenvalue weighted by Crippen LogP contribution is -2.30. The van der Waals surface area contributed by atoms with Crippen LogP contribution in [0.4, 0.5) is 4.39 Å². The molecule has 1 N–H and O–H groups in total. The van der Waals surface area contributed by atoms with Crippen LogP contribution in [0.5, 0.6) is 0 Å². The zero-order valence-corrected chi connectivity index (χ0v) is 10.2. The van der Waals surface area contributed by atoms with Gasteiger partial charge in [0.2, 0.25) is 0 Å². The second kappa shape index (κ2) is 5.37. The van der Waals surface area contributed by atoms with E-state index in [1.165, 1.54) is 12.3 Å². The van der Waals surface area contributed by atoms with Gasteiger partial charge < -0.3 is 10.1 Å². The van der Waals surface area contributed by atoms with Gasteiger partial charge in [0, 0.05) is 19.3 Å². The summed E-state index contributed by atoms with van der Waals surface area (Å²) >= 11 is 0. The molecule has 1 heterocycles. The van der Waals surface area contributed by atoms with Crippen molar-refractivity contribution in [3.63, 3.8) is 0 Å². The maximum absolute atomic E-state index is 13.1. The number of ether oxygens (including phenoxy) is 1. The minimum absolute atomic E-state index is 0.0400. The fourth-order valence-electron chi connectivity index (χ4n) is 1.58. The van der Waals surface area contributed by atoms with E-state index in [1.54, 1.807) is 13.3 Å². The van der Waals surface area contributed by atoms with Crippen LogP contribution >= 0.6 is 0 Å². The summed E-state index contributed by atoms with van der Waals surface area (Å²) in [5.74, 6) is -0.312. The van der Waals surface area contributed by atoms with Crippen molar-refractivity contribution in [2.24, 2.45) is 0 Å².